The molecule has 1 aliphatic carbocycles. The lowest BCUT2D eigenvalue weighted by Gasteiger charge is -2.33. The maximum atomic E-state index is 12.5. The van der Waals surface area contributed by atoms with Crippen LogP contribution in [0.4, 0.5) is 0 Å². The molecule has 19 heavy (non-hydrogen) atoms. The van der Waals surface area contributed by atoms with Gasteiger partial charge in [-0.05, 0) is 44.2 Å². The molecule has 2 unspecified atom stereocenters. The Hall–Kier alpha value is -0.320. The topological polar surface area (TPSA) is 41.6 Å². The summed E-state index contributed by atoms with van der Waals surface area (Å²) in [5.74, 6) is 0.717. The molecule has 1 amide bonds. The van der Waals surface area contributed by atoms with E-state index >= 15 is 0 Å². The van der Waals surface area contributed by atoms with Gasteiger partial charge in [-0.2, -0.15) is 0 Å². The van der Waals surface area contributed by atoms with Crippen LogP contribution in [-0.4, -0.2) is 49.7 Å². The number of hydrogen-bond donors (Lipinski definition) is 1. The number of rotatable bonds is 2. The summed E-state index contributed by atoms with van der Waals surface area (Å²) in [4.78, 5) is 14.6. The fourth-order valence-electron chi connectivity index (χ4n) is 3.56. The van der Waals surface area contributed by atoms with Gasteiger partial charge in [0.1, 0.15) is 0 Å². The van der Waals surface area contributed by atoms with Crippen molar-refractivity contribution in [3.8, 4) is 0 Å². The molecule has 0 aromatic rings. The fraction of sp³-hybridized carbons (Fsp3) is 0.929. The first kappa shape index (κ1) is 15.1. The number of halogens is 1. The van der Waals surface area contributed by atoms with Gasteiger partial charge < -0.3 is 15.0 Å². The summed E-state index contributed by atoms with van der Waals surface area (Å²) in [5.41, 5.74) is 0.363. The van der Waals surface area contributed by atoms with Crippen LogP contribution in [-0.2, 0) is 9.53 Å². The summed E-state index contributed by atoms with van der Waals surface area (Å²) in [7, 11) is 0. The maximum absolute atomic E-state index is 12.5. The molecule has 3 aliphatic rings. The molecule has 0 aromatic carbocycles. The van der Waals surface area contributed by atoms with Crippen molar-refractivity contribution < 1.29 is 9.53 Å². The zero-order valence-electron chi connectivity index (χ0n) is 11.7. The number of nitrogens with zero attached hydrogens (tertiary/aromatic N) is 1. The summed E-state index contributed by atoms with van der Waals surface area (Å²) >= 11 is 0. The SMILES string of the molecule is CCC1CN(C(=O)C2CC23CCNCC3)CCO1.Cl. The van der Waals surface area contributed by atoms with Crippen LogP contribution in [0, 0.1) is 11.3 Å². The van der Waals surface area contributed by atoms with E-state index in [9.17, 15) is 4.79 Å². The molecular formula is C14H25ClN2O2. The number of carbonyl (C=O) groups is 1. The van der Waals surface area contributed by atoms with Crippen LogP contribution in [0.5, 0.6) is 0 Å². The quantitative estimate of drug-likeness (QED) is 0.836. The molecule has 5 heteroatoms. The largest absolute Gasteiger partial charge is 0.375 e. The highest BCUT2D eigenvalue weighted by atomic mass is 35.5. The summed E-state index contributed by atoms with van der Waals surface area (Å²) in [5, 5.41) is 3.39. The Morgan fingerprint density at radius 3 is 2.84 bits per heavy atom. The van der Waals surface area contributed by atoms with E-state index in [1.54, 1.807) is 0 Å². The number of nitrogens with one attached hydrogen (secondary N) is 1. The second kappa shape index (κ2) is 5.98. The lowest BCUT2D eigenvalue weighted by Crippen LogP contribution is -2.46. The Bertz CT molecular complexity index is 327. The molecular weight excluding hydrogens is 264 g/mol. The van der Waals surface area contributed by atoms with E-state index in [2.05, 4.69) is 17.1 Å². The molecule has 2 atom stereocenters. The van der Waals surface area contributed by atoms with Gasteiger partial charge in [-0.25, -0.2) is 0 Å². The molecule has 3 rings (SSSR count). The van der Waals surface area contributed by atoms with Crippen LogP contribution in [0.3, 0.4) is 0 Å². The first-order valence-electron chi connectivity index (χ1n) is 7.36. The normalized spacial score (nSPS) is 32.8. The third kappa shape index (κ3) is 2.91. The number of hydrogen-bond acceptors (Lipinski definition) is 3. The van der Waals surface area contributed by atoms with Crippen molar-refractivity contribution >= 4 is 18.3 Å². The minimum Gasteiger partial charge on any atom is -0.375 e. The molecule has 1 saturated carbocycles. The molecule has 0 radical (unpaired) electrons. The van der Waals surface area contributed by atoms with Crippen LogP contribution in [0.15, 0.2) is 0 Å². The van der Waals surface area contributed by atoms with Crippen LogP contribution in [0.1, 0.15) is 32.6 Å². The monoisotopic (exact) mass is 288 g/mol. The van der Waals surface area contributed by atoms with Gasteiger partial charge in [0, 0.05) is 19.0 Å². The van der Waals surface area contributed by atoms with Crippen LogP contribution in [0.2, 0.25) is 0 Å². The van der Waals surface area contributed by atoms with Crippen molar-refractivity contribution in [2.24, 2.45) is 11.3 Å². The predicted molar refractivity (Wildman–Crippen MR) is 76.5 cm³/mol. The van der Waals surface area contributed by atoms with E-state index in [1.165, 1.54) is 12.8 Å². The van der Waals surface area contributed by atoms with Gasteiger partial charge in [0.15, 0.2) is 0 Å². The number of morpholine rings is 1. The summed E-state index contributed by atoms with van der Waals surface area (Å²) in [6.07, 6.45) is 4.76. The average Bonchev–Trinajstić information content (AvgIpc) is 3.12. The van der Waals surface area contributed by atoms with Gasteiger partial charge in [-0.1, -0.05) is 6.92 Å². The second-order valence-electron chi connectivity index (χ2n) is 6.05. The molecule has 4 nitrogen and oxygen atoms in total. The van der Waals surface area contributed by atoms with E-state index in [1.807, 2.05) is 0 Å². The summed E-state index contributed by atoms with van der Waals surface area (Å²) in [6.45, 7) is 6.62. The van der Waals surface area contributed by atoms with Crippen molar-refractivity contribution in [3.63, 3.8) is 0 Å². The van der Waals surface area contributed by atoms with Crippen molar-refractivity contribution in [2.75, 3.05) is 32.8 Å². The predicted octanol–water partition coefficient (Wildman–Crippen LogP) is 1.44. The summed E-state index contributed by atoms with van der Waals surface area (Å²) < 4.78 is 5.64. The smallest absolute Gasteiger partial charge is 0.226 e. The third-order valence-electron chi connectivity index (χ3n) is 4.99. The van der Waals surface area contributed by atoms with E-state index in [0.29, 0.717) is 23.8 Å². The van der Waals surface area contributed by atoms with E-state index < -0.39 is 0 Å². The number of ether oxygens (including phenoxy) is 1. The molecule has 2 saturated heterocycles. The van der Waals surface area contributed by atoms with Crippen molar-refractivity contribution in [2.45, 2.75) is 38.7 Å². The fourth-order valence-corrected chi connectivity index (χ4v) is 3.56. The summed E-state index contributed by atoms with van der Waals surface area (Å²) in [6, 6.07) is 0. The standard InChI is InChI=1S/C14H24N2O2.ClH/c1-2-11-10-16(7-8-18-11)13(17)12-9-14(12)3-5-15-6-4-14;/h11-12,15H,2-10H2,1H3;1H. The molecule has 1 N–H and O–H groups in total. The first-order chi connectivity index (χ1) is 8.75. The highest BCUT2D eigenvalue weighted by Gasteiger charge is 2.58. The molecule has 2 aliphatic heterocycles. The Kier molecular flexibility index (Phi) is 4.75. The minimum absolute atomic E-state index is 0. The van der Waals surface area contributed by atoms with Gasteiger partial charge in [0.05, 0.1) is 12.7 Å². The zero-order valence-corrected chi connectivity index (χ0v) is 12.5. The number of piperidine rings is 1. The maximum Gasteiger partial charge on any atom is 0.226 e. The van der Waals surface area contributed by atoms with Crippen molar-refractivity contribution in [1.29, 1.82) is 0 Å². The Morgan fingerprint density at radius 1 is 1.42 bits per heavy atom. The van der Waals surface area contributed by atoms with Gasteiger partial charge in [-0.15, -0.1) is 12.4 Å². The highest BCUT2D eigenvalue weighted by molar-refractivity contribution is 5.85. The lowest BCUT2D eigenvalue weighted by molar-refractivity contribution is -0.141. The van der Waals surface area contributed by atoms with Crippen molar-refractivity contribution in [3.05, 3.63) is 0 Å². The Labute approximate surface area is 121 Å². The van der Waals surface area contributed by atoms with E-state index in [0.717, 1.165) is 39.0 Å². The number of carbonyl (C=O) groups excluding carboxylic acids is 1. The number of amides is 1. The first-order valence-corrected chi connectivity index (χ1v) is 7.36. The Morgan fingerprint density at radius 2 is 2.16 bits per heavy atom. The average molecular weight is 289 g/mol. The van der Waals surface area contributed by atoms with Crippen LogP contribution >= 0.6 is 12.4 Å². The van der Waals surface area contributed by atoms with Crippen LogP contribution < -0.4 is 5.32 Å². The highest BCUT2D eigenvalue weighted by Crippen LogP contribution is 2.59. The van der Waals surface area contributed by atoms with Gasteiger partial charge >= 0.3 is 0 Å². The molecule has 2 heterocycles. The Balaban J connectivity index is 0.00000133. The minimum atomic E-state index is 0. The molecule has 1 spiro atoms. The molecule has 0 aromatic heterocycles. The van der Waals surface area contributed by atoms with Gasteiger partial charge in [-0.3, -0.25) is 4.79 Å². The van der Waals surface area contributed by atoms with Gasteiger partial charge in [0.25, 0.3) is 0 Å². The van der Waals surface area contributed by atoms with E-state index in [-0.39, 0.29) is 18.5 Å². The van der Waals surface area contributed by atoms with Crippen molar-refractivity contribution in [1.82, 2.24) is 10.2 Å². The zero-order chi connectivity index (χ0) is 12.6. The molecule has 110 valence electrons. The molecule has 3 fully saturated rings. The van der Waals surface area contributed by atoms with Crippen LogP contribution in [0.25, 0.3) is 0 Å². The lowest BCUT2D eigenvalue weighted by atomic mass is 9.91. The van der Waals surface area contributed by atoms with E-state index in [4.69, 9.17) is 4.74 Å². The third-order valence-corrected chi connectivity index (χ3v) is 4.99. The second-order valence-corrected chi connectivity index (χ2v) is 6.05. The molecule has 0 bridgehead atoms. The van der Waals surface area contributed by atoms with Gasteiger partial charge in [0.2, 0.25) is 5.91 Å².